The molecule has 0 saturated carbocycles. The predicted octanol–water partition coefficient (Wildman–Crippen LogP) is 2.11. The number of hydrogen-bond acceptors (Lipinski definition) is 6. The van der Waals surface area contributed by atoms with Gasteiger partial charge in [0.15, 0.2) is 11.5 Å². The summed E-state index contributed by atoms with van der Waals surface area (Å²) < 4.78 is 23.0. The molecule has 0 bridgehead atoms. The minimum Gasteiger partial charge on any atom is -0.489 e. The Morgan fingerprint density at radius 3 is 2.79 bits per heavy atom. The van der Waals surface area contributed by atoms with E-state index in [0.29, 0.717) is 25.6 Å². The lowest BCUT2D eigenvalue weighted by Gasteiger charge is -2.26. The highest BCUT2D eigenvalue weighted by molar-refractivity contribution is 5.90. The fourth-order valence-corrected chi connectivity index (χ4v) is 3.12. The fraction of sp³-hybridized carbons (Fsp3) is 0.500. The number of hydrogen-bond donors (Lipinski definition) is 0. The van der Waals surface area contributed by atoms with Gasteiger partial charge in [0.25, 0.3) is 0 Å². The number of pyridine rings is 1. The Kier molecular flexibility index (Phi) is 4.66. The monoisotopic (exact) mass is 330 g/mol. The van der Waals surface area contributed by atoms with E-state index >= 15 is 0 Å². The number of benzene rings is 1. The topological polar surface area (TPSA) is 53.1 Å². The number of aromatic nitrogens is 1. The molecule has 6 heteroatoms. The smallest absolute Gasteiger partial charge is 0.204 e. The van der Waals surface area contributed by atoms with Crippen LogP contribution in [0.5, 0.6) is 17.2 Å². The van der Waals surface area contributed by atoms with Crippen LogP contribution in [0.25, 0.3) is 10.9 Å². The summed E-state index contributed by atoms with van der Waals surface area (Å²) in [7, 11) is 0. The number of fused-ring (bicyclic) bond motifs is 3. The third-order valence-electron chi connectivity index (χ3n) is 4.34. The second-order valence-electron chi connectivity index (χ2n) is 5.96. The highest BCUT2D eigenvalue weighted by atomic mass is 16.6. The van der Waals surface area contributed by atoms with E-state index in [-0.39, 0.29) is 0 Å². The second-order valence-corrected chi connectivity index (χ2v) is 5.96. The zero-order chi connectivity index (χ0) is 16.2. The number of ether oxygens (including phenoxy) is 4. The third kappa shape index (κ3) is 3.25. The van der Waals surface area contributed by atoms with Gasteiger partial charge in [-0.3, -0.25) is 9.88 Å². The van der Waals surface area contributed by atoms with Gasteiger partial charge in [-0.25, -0.2) is 0 Å². The van der Waals surface area contributed by atoms with Crippen LogP contribution in [-0.4, -0.2) is 62.6 Å². The first-order chi connectivity index (χ1) is 11.9. The van der Waals surface area contributed by atoms with Crippen molar-refractivity contribution in [3.63, 3.8) is 0 Å². The lowest BCUT2D eigenvalue weighted by molar-refractivity contribution is 0.0357. The first kappa shape index (κ1) is 15.5. The largest absolute Gasteiger partial charge is 0.489 e. The van der Waals surface area contributed by atoms with E-state index in [2.05, 4.69) is 9.88 Å². The van der Waals surface area contributed by atoms with E-state index in [1.54, 1.807) is 6.20 Å². The third-order valence-corrected chi connectivity index (χ3v) is 4.34. The molecule has 0 radical (unpaired) electrons. The van der Waals surface area contributed by atoms with Gasteiger partial charge in [0, 0.05) is 37.3 Å². The SMILES string of the molecule is c1cnc2cc(OCCCN3CCOCC3)c3c(c2c1)OCCO3. The van der Waals surface area contributed by atoms with Crippen LogP contribution in [0.3, 0.4) is 0 Å². The van der Waals surface area contributed by atoms with Crippen LogP contribution in [-0.2, 0) is 4.74 Å². The van der Waals surface area contributed by atoms with Crippen molar-refractivity contribution < 1.29 is 18.9 Å². The maximum atomic E-state index is 6.00. The fourth-order valence-electron chi connectivity index (χ4n) is 3.12. The molecule has 2 aliphatic heterocycles. The van der Waals surface area contributed by atoms with Crippen LogP contribution >= 0.6 is 0 Å². The zero-order valence-electron chi connectivity index (χ0n) is 13.7. The van der Waals surface area contributed by atoms with Crippen LogP contribution < -0.4 is 14.2 Å². The van der Waals surface area contributed by atoms with Gasteiger partial charge in [-0.2, -0.15) is 0 Å². The Hall–Kier alpha value is -2.05. The summed E-state index contributed by atoms with van der Waals surface area (Å²) in [6.07, 6.45) is 2.75. The highest BCUT2D eigenvalue weighted by Gasteiger charge is 2.21. The average Bonchev–Trinajstić information content (AvgIpc) is 2.66. The summed E-state index contributed by atoms with van der Waals surface area (Å²) in [6.45, 7) is 6.44. The molecule has 2 aliphatic rings. The number of nitrogens with zero attached hydrogens (tertiary/aromatic N) is 2. The predicted molar refractivity (Wildman–Crippen MR) is 90.1 cm³/mol. The molecule has 0 spiro atoms. The standard InChI is InChI=1S/C18H22N2O4/c1-3-14-15(19-4-1)13-16(18-17(14)23-11-12-24-18)22-8-2-5-20-6-9-21-10-7-20/h1,3-4,13H,2,5-12H2. The molecule has 24 heavy (non-hydrogen) atoms. The summed E-state index contributed by atoms with van der Waals surface area (Å²) in [6, 6.07) is 5.85. The Labute approximate surface area is 141 Å². The molecule has 1 saturated heterocycles. The molecule has 1 aromatic heterocycles. The highest BCUT2D eigenvalue weighted by Crippen LogP contribution is 2.44. The van der Waals surface area contributed by atoms with Gasteiger partial charge < -0.3 is 18.9 Å². The molecular formula is C18H22N2O4. The molecule has 0 unspecified atom stereocenters. The van der Waals surface area contributed by atoms with Crippen molar-refractivity contribution >= 4 is 10.9 Å². The summed E-state index contributed by atoms with van der Waals surface area (Å²) in [5.74, 6) is 2.17. The summed E-state index contributed by atoms with van der Waals surface area (Å²) >= 11 is 0. The molecule has 0 amide bonds. The van der Waals surface area contributed by atoms with Crippen molar-refractivity contribution in [1.29, 1.82) is 0 Å². The van der Waals surface area contributed by atoms with Gasteiger partial charge >= 0.3 is 0 Å². The van der Waals surface area contributed by atoms with E-state index < -0.39 is 0 Å². The normalized spacial score (nSPS) is 17.8. The van der Waals surface area contributed by atoms with Gasteiger partial charge in [0.1, 0.15) is 13.2 Å². The molecule has 3 heterocycles. The Morgan fingerprint density at radius 2 is 1.92 bits per heavy atom. The molecule has 0 atom stereocenters. The second kappa shape index (κ2) is 7.23. The lowest BCUT2D eigenvalue weighted by Crippen LogP contribution is -2.37. The summed E-state index contributed by atoms with van der Waals surface area (Å²) in [5, 5.41) is 0.966. The molecule has 128 valence electrons. The number of morpholine rings is 1. The van der Waals surface area contributed by atoms with Gasteiger partial charge in [0.2, 0.25) is 5.75 Å². The Bertz CT molecular complexity index is 701. The molecule has 0 aliphatic carbocycles. The van der Waals surface area contributed by atoms with Crippen molar-refractivity contribution in [2.75, 3.05) is 52.7 Å². The first-order valence-electron chi connectivity index (χ1n) is 8.52. The van der Waals surface area contributed by atoms with E-state index in [0.717, 1.165) is 61.7 Å². The minimum atomic E-state index is 0.545. The van der Waals surface area contributed by atoms with Gasteiger partial charge in [-0.1, -0.05) is 0 Å². The van der Waals surface area contributed by atoms with Crippen LogP contribution in [0.1, 0.15) is 6.42 Å². The van der Waals surface area contributed by atoms with Crippen molar-refractivity contribution in [1.82, 2.24) is 9.88 Å². The molecule has 0 N–H and O–H groups in total. The molecular weight excluding hydrogens is 308 g/mol. The summed E-state index contributed by atoms with van der Waals surface area (Å²) in [4.78, 5) is 6.82. The van der Waals surface area contributed by atoms with E-state index in [1.165, 1.54) is 0 Å². The molecule has 4 rings (SSSR count). The van der Waals surface area contributed by atoms with Crippen molar-refractivity contribution in [2.24, 2.45) is 0 Å². The molecule has 6 nitrogen and oxygen atoms in total. The molecule has 2 aromatic rings. The van der Waals surface area contributed by atoms with Crippen molar-refractivity contribution in [2.45, 2.75) is 6.42 Å². The van der Waals surface area contributed by atoms with Crippen molar-refractivity contribution in [3.05, 3.63) is 24.4 Å². The van der Waals surface area contributed by atoms with Gasteiger partial charge in [0.05, 0.1) is 25.3 Å². The van der Waals surface area contributed by atoms with Crippen molar-refractivity contribution in [3.8, 4) is 17.2 Å². The van der Waals surface area contributed by atoms with Crippen LogP contribution in [0, 0.1) is 0 Å². The van der Waals surface area contributed by atoms with Crippen LogP contribution in [0.2, 0.25) is 0 Å². The van der Waals surface area contributed by atoms with Gasteiger partial charge in [-0.15, -0.1) is 0 Å². The molecule has 1 fully saturated rings. The minimum absolute atomic E-state index is 0.545. The number of rotatable bonds is 5. The quantitative estimate of drug-likeness (QED) is 0.783. The van der Waals surface area contributed by atoms with Gasteiger partial charge in [-0.05, 0) is 18.6 Å². The maximum absolute atomic E-state index is 6.00. The molecule has 1 aromatic carbocycles. The van der Waals surface area contributed by atoms with E-state index in [1.807, 2.05) is 18.2 Å². The Morgan fingerprint density at radius 1 is 1.08 bits per heavy atom. The lowest BCUT2D eigenvalue weighted by atomic mass is 10.1. The van der Waals surface area contributed by atoms with E-state index in [9.17, 15) is 0 Å². The maximum Gasteiger partial charge on any atom is 0.204 e. The average molecular weight is 330 g/mol. The first-order valence-corrected chi connectivity index (χ1v) is 8.52. The zero-order valence-corrected chi connectivity index (χ0v) is 13.7. The Balaban J connectivity index is 1.45. The van der Waals surface area contributed by atoms with Crippen LogP contribution in [0.15, 0.2) is 24.4 Å². The van der Waals surface area contributed by atoms with E-state index in [4.69, 9.17) is 18.9 Å². The summed E-state index contributed by atoms with van der Waals surface area (Å²) in [5.41, 5.74) is 0.866. The van der Waals surface area contributed by atoms with Crippen LogP contribution in [0.4, 0.5) is 0 Å².